The van der Waals surface area contributed by atoms with Crippen molar-refractivity contribution < 1.29 is 13.2 Å². The first kappa shape index (κ1) is 28.7. The van der Waals surface area contributed by atoms with Crippen molar-refractivity contribution in [1.82, 2.24) is 5.32 Å². The van der Waals surface area contributed by atoms with Gasteiger partial charge in [-0.2, -0.15) is 11.8 Å². The van der Waals surface area contributed by atoms with E-state index in [1.807, 2.05) is 19.1 Å². The summed E-state index contributed by atoms with van der Waals surface area (Å²) < 4.78 is 28.7. The number of benzene rings is 4. The van der Waals surface area contributed by atoms with E-state index in [0.29, 0.717) is 22.8 Å². The number of hydrogen-bond donors (Lipinski definition) is 1. The SMILES string of the molecule is Cc1ccccc1CSCCNC(=O)c1ccc(CN(c2cc(Cl)ccc2C)S(=O)(=O)c2ccccc2)cc1. The summed E-state index contributed by atoms with van der Waals surface area (Å²) in [7, 11) is -3.87. The van der Waals surface area contributed by atoms with Crippen LogP contribution in [-0.2, 0) is 22.3 Å². The normalized spacial score (nSPS) is 11.3. The monoisotopic (exact) mass is 578 g/mol. The molecule has 1 N–H and O–H groups in total. The number of nitrogens with one attached hydrogen (secondary N) is 1. The molecule has 5 nitrogen and oxygen atoms in total. The highest BCUT2D eigenvalue weighted by Gasteiger charge is 2.26. The summed E-state index contributed by atoms with van der Waals surface area (Å²) in [5.41, 5.74) is 5.15. The molecule has 0 aliphatic rings. The smallest absolute Gasteiger partial charge is 0.264 e. The quantitative estimate of drug-likeness (QED) is 0.194. The fraction of sp³-hybridized carbons (Fsp3) is 0.194. The lowest BCUT2D eigenvalue weighted by atomic mass is 10.1. The van der Waals surface area contributed by atoms with Gasteiger partial charge in [-0.15, -0.1) is 0 Å². The summed E-state index contributed by atoms with van der Waals surface area (Å²) in [4.78, 5) is 12.9. The Morgan fingerprint density at radius 3 is 2.28 bits per heavy atom. The van der Waals surface area contributed by atoms with Gasteiger partial charge in [-0.05, 0) is 72.5 Å². The molecule has 0 aromatic heterocycles. The molecule has 39 heavy (non-hydrogen) atoms. The van der Waals surface area contributed by atoms with Gasteiger partial charge in [0.05, 0.1) is 17.1 Å². The molecule has 0 radical (unpaired) electrons. The Morgan fingerprint density at radius 2 is 1.56 bits per heavy atom. The third kappa shape index (κ3) is 7.44. The van der Waals surface area contributed by atoms with Crippen molar-refractivity contribution >= 4 is 45.0 Å². The van der Waals surface area contributed by atoms with Gasteiger partial charge in [-0.25, -0.2) is 8.42 Å². The Bertz CT molecular complexity index is 1530. The van der Waals surface area contributed by atoms with Crippen LogP contribution in [0.25, 0.3) is 0 Å². The number of rotatable bonds is 11. The second-order valence-corrected chi connectivity index (χ2v) is 12.6. The number of amides is 1. The number of carbonyl (C=O) groups is 1. The van der Waals surface area contributed by atoms with Gasteiger partial charge < -0.3 is 5.32 Å². The molecule has 1 amide bonds. The van der Waals surface area contributed by atoms with Crippen LogP contribution < -0.4 is 9.62 Å². The predicted molar refractivity (Wildman–Crippen MR) is 162 cm³/mol. The number of thioether (sulfide) groups is 1. The molecule has 0 heterocycles. The number of carbonyl (C=O) groups excluding carboxylic acids is 1. The summed E-state index contributed by atoms with van der Waals surface area (Å²) in [5.74, 6) is 1.56. The Labute approximate surface area is 240 Å². The molecule has 0 aliphatic heterocycles. The van der Waals surface area contributed by atoms with Crippen LogP contribution in [0.1, 0.15) is 32.6 Å². The van der Waals surface area contributed by atoms with Crippen molar-refractivity contribution in [3.8, 4) is 0 Å². The van der Waals surface area contributed by atoms with Gasteiger partial charge >= 0.3 is 0 Å². The van der Waals surface area contributed by atoms with Crippen molar-refractivity contribution in [2.24, 2.45) is 0 Å². The van der Waals surface area contributed by atoms with Gasteiger partial charge in [0.25, 0.3) is 15.9 Å². The molecular formula is C31H31ClN2O3S2. The van der Waals surface area contributed by atoms with E-state index in [2.05, 4.69) is 24.4 Å². The van der Waals surface area contributed by atoms with Gasteiger partial charge in [-0.3, -0.25) is 9.10 Å². The Balaban J connectivity index is 1.43. The van der Waals surface area contributed by atoms with Crippen LogP contribution >= 0.6 is 23.4 Å². The molecule has 4 aromatic carbocycles. The minimum Gasteiger partial charge on any atom is -0.351 e. The fourth-order valence-electron chi connectivity index (χ4n) is 4.09. The highest BCUT2D eigenvalue weighted by molar-refractivity contribution is 7.98. The van der Waals surface area contributed by atoms with Crippen molar-refractivity contribution in [1.29, 1.82) is 0 Å². The zero-order valence-corrected chi connectivity index (χ0v) is 24.3. The molecule has 0 aliphatic carbocycles. The standard InChI is InChI=1S/C31H31ClN2O3S2/c1-23-8-6-7-9-27(23)22-38-19-18-33-31(35)26-15-13-25(14-16-26)21-34(30-20-28(32)17-12-24(30)2)39(36,37)29-10-4-3-5-11-29/h3-17,20H,18-19,21-22H2,1-2H3,(H,33,35). The predicted octanol–water partition coefficient (Wildman–Crippen LogP) is 7.02. The highest BCUT2D eigenvalue weighted by Crippen LogP contribution is 2.31. The summed E-state index contributed by atoms with van der Waals surface area (Å²) in [6.07, 6.45) is 0. The first-order valence-electron chi connectivity index (χ1n) is 12.6. The molecule has 0 spiro atoms. The van der Waals surface area contributed by atoms with Crippen molar-refractivity contribution in [3.05, 3.63) is 130 Å². The lowest BCUT2D eigenvalue weighted by Crippen LogP contribution is -2.31. The molecule has 8 heteroatoms. The first-order valence-corrected chi connectivity index (χ1v) is 15.6. The van der Waals surface area contributed by atoms with Gasteiger partial charge in [0.2, 0.25) is 0 Å². The third-order valence-electron chi connectivity index (χ3n) is 6.36. The fourth-order valence-corrected chi connectivity index (χ4v) is 6.72. The van der Waals surface area contributed by atoms with Crippen LogP contribution in [0.5, 0.6) is 0 Å². The van der Waals surface area contributed by atoms with E-state index >= 15 is 0 Å². The topological polar surface area (TPSA) is 66.5 Å². The van der Waals surface area contributed by atoms with Crippen LogP contribution in [0.2, 0.25) is 5.02 Å². The molecule has 0 atom stereocenters. The summed E-state index contributed by atoms with van der Waals surface area (Å²) in [6, 6.07) is 28.9. The first-order chi connectivity index (χ1) is 18.8. The van der Waals surface area contributed by atoms with Gasteiger partial charge in [0.15, 0.2) is 0 Å². The molecule has 0 saturated carbocycles. The van der Waals surface area contributed by atoms with E-state index in [9.17, 15) is 13.2 Å². The molecule has 0 bridgehead atoms. The summed E-state index contributed by atoms with van der Waals surface area (Å²) in [6.45, 7) is 4.61. The van der Waals surface area contributed by atoms with Crippen LogP contribution in [0.15, 0.2) is 102 Å². The average Bonchev–Trinajstić information content (AvgIpc) is 2.94. The Kier molecular flexibility index (Phi) is 9.73. The van der Waals surface area contributed by atoms with Crippen LogP contribution in [0, 0.1) is 13.8 Å². The molecule has 4 rings (SSSR count). The minimum atomic E-state index is -3.87. The second kappa shape index (κ2) is 13.2. The third-order valence-corrected chi connectivity index (χ3v) is 9.38. The van der Waals surface area contributed by atoms with E-state index in [1.165, 1.54) is 15.4 Å². The van der Waals surface area contributed by atoms with Gasteiger partial charge in [0, 0.05) is 28.6 Å². The molecule has 202 valence electrons. The van der Waals surface area contributed by atoms with Crippen molar-refractivity contribution in [2.45, 2.75) is 31.0 Å². The lowest BCUT2D eigenvalue weighted by molar-refractivity contribution is 0.0956. The van der Waals surface area contributed by atoms with E-state index < -0.39 is 10.0 Å². The Morgan fingerprint density at radius 1 is 0.872 bits per heavy atom. The minimum absolute atomic E-state index is 0.0931. The maximum absolute atomic E-state index is 13.7. The van der Waals surface area contributed by atoms with Crippen LogP contribution in [-0.4, -0.2) is 26.6 Å². The second-order valence-electron chi connectivity index (χ2n) is 9.19. The average molecular weight is 579 g/mol. The summed E-state index contributed by atoms with van der Waals surface area (Å²) in [5, 5.41) is 3.42. The Hall–Kier alpha value is -3.26. The van der Waals surface area contributed by atoms with Crippen LogP contribution in [0.3, 0.4) is 0 Å². The number of anilines is 1. The van der Waals surface area contributed by atoms with E-state index in [1.54, 1.807) is 84.6 Å². The number of halogens is 1. The van der Waals surface area contributed by atoms with Gasteiger partial charge in [-0.1, -0.05) is 72.3 Å². The number of nitrogens with zero attached hydrogens (tertiary/aromatic N) is 1. The lowest BCUT2D eigenvalue weighted by Gasteiger charge is -2.26. The highest BCUT2D eigenvalue weighted by atomic mass is 35.5. The zero-order chi connectivity index (χ0) is 27.8. The van der Waals surface area contributed by atoms with E-state index in [4.69, 9.17) is 11.6 Å². The summed E-state index contributed by atoms with van der Waals surface area (Å²) >= 11 is 8.03. The number of aryl methyl sites for hydroxylation is 2. The zero-order valence-electron chi connectivity index (χ0n) is 21.9. The maximum Gasteiger partial charge on any atom is 0.264 e. The van der Waals surface area contributed by atoms with Gasteiger partial charge in [0.1, 0.15) is 0 Å². The molecule has 0 fully saturated rings. The number of hydrogen-bond acceptors (Lipinski definition) is 4. The number of sulfonamides is 1. The molecule has 0 unspecified atom stereocenters. The van der Waals surface area contributed by atoms with Crippen molar-refractivity contribution in [2.75, 3.05) is 16.6 Å². The molecule has 0 saturated heterocycles. The maximum atomic E-state index is 13.7. The van der Waals surface area contributed by atoms with E-state index in [-0.39, 0.29) is 17.3 Å². The van der Waals surface area contributed by atoms with Crippen LogP contribution in [0.4, 0.5) is 5.69 Å². The van der Waals surface area contributed by atoms with E-state index in [0.717, 1.165) is 22.6 Å². The largest absolute Gasteiger partial charge is 0.351 e. The molecular weight excluding hydrogens is 548 g/mol. The van der Waals surface area contributed by atoms with Crippen molar-refractivity contribution in [3.63, 3.8) is 0 Å². The molecule has 4 aromatic rings.